The summed E-state index contributed by atoms with van der Waals surface area (Å²) in [5.74, 6) is 1.47. The summed E-state index contributed by atoms with van der Waals surface area (Å²) in [5, 5.41) is 0. The number of nitrogens with zero attached hydrogens (tertiary/aromatic N) is 1. The summed E-state index contributed by atoms with van der Waals surface area (Å²) in [6, 6.07) is 3.87. The molecule has 1 rings (SSSR count). The third-order valence-electron chi connectivity index (χ3n) is 2.17. The number of ether oxygens (including phenoxy) is 1. The molecule has 0 aliphatic carbocycles. The molecule has 0 aliphatic heterocycles. The molecule has 0 unspecified atom stereocenters. The first-order valence-electron chi connectivity index (χ1n) is 5.35. The summed E-state index contributed by atoms with van der Waals surface area (Å²) in [6.07, 6.45) is 2.30. The quantitative estimate of drug-likeness (QED) is 0.757. The van der Waals surface area contributed by atoms with Gasteiger partial charge in [-0.25, -0.2) is 4.98 Å². The minimum absolute atomic E-state index is 0.722. The van der Waals surface area contributed by atoms with Crippen molar-refractivity contribution in [1.82, 2.24) is 4.98 Å². The van der Waals surface area contributed by atoms with Crippen LogP contribution in [-0.4, -0.2) is 11.6 Å². The van der Waals surface area contributed by atoms with Gasteiger partial charge in [-0.3, -0.25) is 0 Å². The third kappa shape index (κ3) is 4.65. The Morgan fingerprint density at radius 3 is 2.73 bits per heavy atom. The second-order valence-corrected chi connectivity index (χ2v) is 4.96. The second-order valence-electron chi connectivity index (χ2n) is 4.10. The van der Waals surface area contributed by atoms with Gasteiger partial charge in [-0.15, -0.1) is 0 Å². The van der Waals surface area contributed by atoms with Gasteiger partial charge in [0.15, 0.2) is 0 Å². The van der Waals surface area contributed by atoms with Crippen LogP contribution in [0.2, 0.25) is 0 Å². The maximum atomic E-state index is 5.56. The van der Waals surface area contributed by atoms with E-state index < -0.39 is 0 Å². The van der Waals surface area contributed by atoms with E-state index in [2.05, 4.69) is 34.8 Å². The van der Waals surface area contributed by atoms with Gasteiger partial charge in [0.25, 0.3) is 0 Å². The van der Waals surface area contributed by atoms with Gasteiger partial charge in [0.1, 0.15) is 0 Å². The Morgan fingerprint density at radius 2 is 2.13 bits per heavy atom. The summed E-state index contributed by atoms with van der Waals surface area (Å²) in [7, 11) is 0. The standard InChI is InChI=1S/C12H18BrNO/c1-9(2)5-4-8-15-12-7-6-11(13)10(3)14-12/h6-7,9H,4-5,8H2,1-3H3. The molecule has 2 nitrogen and oxygen atoms in total. The first-order chi connectivity index (χ1) is 7.09. The maximum absolute atomic E-state index is 5.56. The van der Waals surface area contributed by atoms with E-state index in [0.717, 1.165) is 35.0 Å². The maximum Gasteiger partial charge on any atom is 0.213 e. The molecule has 0 N–H and O–H groups in total. The lowest BCUT2D eigenvalue weighted by molar-refractivity contribution is 0.286. The van der Waals surface area contributed by atoms with E-state index in [-0.39, 0.29) is 0 Å². The van der Waals surface area contributed by atoms with Crippen LogP contribution in [0.4, 0.5) is 0 Å². The molecule has 0 atom stereocenters. The van der Waals surface area contributed by atoms with E-state index in [4.69, 9.17) is 4.74 Å². The van der Waals surface area contributed by atoms with Gasteiger partial charge in [0.05, 0.1) is 12.3 Å². The van der Waals surface area contributed by atoms with Crippen molar-refractivity contribution in [3.05, 3.63) is 22.3 Å². The minimum atomic E-state index is 0.722. The molecule has 1 aromatic heterocycles. The zero-order chi connectivity index (χ0) is 11.3. The lowest BCUT2D eigenvalue weighted by Gasteiger charge is -2.07. The molecule has 3 heteroatoms. The SMILES string of the molecule is Cc1nc(OCCCC(C)C)ccc1Br. The summed E-state index contributed by atoms with van der Waals surface area (Å²) in [6.45, 7) is 7.17. The normalized spacial score (nSPS) is 10.7. The van der Waals surface area contributed by atoms with Crippen LogP contribution in [0.5, 0.6) is 5.88 Å². The van der Waals surface area contributed by atoms with Crippen molar-refractivity contribution in [2.75, 3.05) is 6.61 Å². The van der Waals surface area contributed by atoms with Crippen molar-refractivity contribution in [2.24, 2.45) is 5.92 Å². The van der Waals surface area contributed by atoms with Crippen LogP contribution in [-0.2, 0) is 0 Å². The number of halogens is 1. The first-order valence-corrected chi connectivity index (χ1v) is 6.15. The molecule has 15 heavy (non-hydrogen) atoms. The predicted octanol–water partition coefficient (Wildman–Crippen LogP) is 3.97. The average Bonchev–Trinajstić information content (AvgIpc) is 2.18. The summed E-state index contributed by atoms with van der Waals surface area (Å²) in [4.78, 5) is 4.32. The Hall–Kier alpha value is -0.570. The fraction of sp³-hybridized carbons (Fsp3) is 0.583. The largest absolute Gasteiger partial charge is 0.478 e. The van der Waals surface area contributed by atoms with Gasteiger partial charge in [-0.1, -0.05) is 13.8 Å². The number of hydrogen-bond donors (Lipinski definition) is 0. The van der Waals surface area contributed by atoms with Gasteiger partial charge in [-0.2, -0.15) is 0 Å². The van der Waals surface area contributed by atoms with Crippen molar-refractivity contribution in [3.8, 4) is 5.88 Å². The molecular weight excluding hydrogens is 254 g/mol. The van der Waals surface area contributed by atoms with E-state index in [1.54, 1.807) is 0 Å². The number of pyridine rings is 1. The number of hydrogen-bond acceptors (Lipinski definition) is 2. The summed E-state index contributed by atoms with van der Waals surface area (Å²) in [5.41, 5.74) is 0.969. The summed E-state index contributed by atoms with van der Waals surface area (Å²) >= 11 is 3.41. The molecule has 1 heterocycles. The van der Waals surface area contributed by atoms with Gasteiger partial charge in [0, 0.05) is 10.5 Å². The van der Waals surface area contributed by atoms with Crippen LogP contribution in [0.1, 0.15) is 32.4 Å². The molecule has 0 radical (unpaired) electrons. The van der Waals surface area contributed by atoms with Crippen LogP contribution in [0.15, 0.2) is 16.6 Å². The highest BCUT2D eigenvalue weighted by atomic mass is 79.9. The monoisotopic (exact) mass is 271 g/mol. The zero-order valence-electron chi connectivity index (χ0n) is 9.59. The van der Waals surface area contributed by atoms with Crippen molar-refractivity contribution in [3.63, 3.8) is 0 Å². The Balaban J connectivity index is 2.35. The molecule has 0 spiro atoms. The molecule has 0 saturated heterocycles. The molecule has 1 aromatic rings. The number of rotatable bonds is 5. The number of aryl methyl sites for hydroxylation is 1. The molecule has 0 bridgehead atoms. The first kappa shape index (κ1) is 12.5. The smallest absolute Gasteiger partial charge is 0.213 e. The van der Waals surface area contributed by atoms with Gasteiger partial charge in [0.2, 0.25) is 5.88 Å². The third-order valence-corrected chi connectivity index (χ3v) is 3.01. The van der Waals surface area contributed by atoms with Crippen molar-refractivity contribution in [2.45, 2.75) is 33.6 Å². The lowest BCUT2D eigenvalue weighted by Crippen LogP contribution is -2.01. The molecular formula is C12H18BrNO. The lowest BCUT2D eigenvalue weighted by atomic mass is 10.1. The minimum Gasteiger partial charge on any atom is -0.478 e. The van der Waals surface area contributed by atoms with Crippen molar-refractivity contribution >= 4 is 15.9 Å². The highest BCUT2D eigenvalue weighted by Gasteiger charge is 2.00. The second kappa shape index (κ2) is 6.11. The molecule has 0 amide bonds. The Morgan fingerprint density at radius 1 is 1.40 bits per heavy atom. The van der Waals surface area contributed by atoms with Crippen LogP contribution in [0.3, 0.4) is 0 Å². The van der Waals surface area contributed by atoms with Crippen molar-refractivity contribution in [1.29, 1.82) is 0 Å². The molecule has 0 aromatic carbocycles. The predicted molar refractivity (Wildman–Crippen MR) is 66.2 cm³/mol. The number of aromatic nitrogens is 1. The highest BCUT2D eigenvalue weighted by Crippen LogP contribution is 2.17. The van der Waals surface area contributed by atoms with Crippen LogP contribution < -0.4 is 4.74 Å². The van der Waals surface area contributed by atoms with Crippen LogP contribution >= 0.6 is 15.9 Å². The van der Waals surface area contributed by atoms with Gasteiger partial charge >= 0.3 is 0 Å². The van der Waals surface area contributed by atoms with Crippen LogP contribution in [0.25, 0.3) is 0 Å². The zero-order valence-corrected chi connectivity index (χ0v) is 11.2. The van der Waals surface area contributed by atoms with Crippen molar-refractivity contribution < 1.29 is 4.74 Å². The Kier molecular flexibility index (Phi) is 5.09. The van der Waals surface area contributed by atoms with E-state index in [9.17, 15) is 0 Å². The average molecular weight is 272 g/mol. The van der Waals surface area contributed by atoms with Gasteiger partial charge in [-0.05, 0) is 47.7 Å². The molecule has 84 valence electrons. The Bertz CT molecular complexity index is 312. The Labute approximate surface area is 100 Å². The molecule has 0 fully saturated rings. The molecule has 0 saturated carbocycles. The van der Waals surface area contributed by atoms with Gasteiger partial charge < -0.3 is 4.74 Å². The fourth-order valence-corrected chi connectivity index (χ4v) is 1.49. The van der Waals surface area contributed by atoms with E-state index in [1.165, 1.54) is 6.42 Å². The fourth-order valence-electron chi connectivity index (χ4n) is 1.27. The van der Waals surface area contributed by atoms with Crippen LogP contribution in [0, 0.1) is 12.8 Å². The topological polar surface area (TPSA) is 22.1 Å². The van der Waals surface area contributed by atoms with E-state index in [0.29, 0.717) is 0 Å². The van der Waals surface area contributed by atoms with E-state index >= 15 is 0 Å². The molecule has 0 aliphatic rings. The summed E-state index contributed by atoms with van der Waals surface area (Å²) < 4.78 is 6.59. The highest BCUT2D eigenvalue weighted by molar-refractivity contribution is 9.10. The van der Waals surface area contributed by atoms with E-state index in [1.807, 2.05) is 19.1 Å².